The summed E-state index contributed by atoms with van der Waals surface area (Å²) < 4.78 is 5.22. The lowest BCUT2D eigenvalue weighted by Crippen LogP contribution is -2.49. The largest absolute Gasteiger partial charge is 0.459 e. The number of thiophene rings is 1. The number of carbonyl (C=O) groups is 1. The zero-order valence-corrected chi connectivity index (χ0v) is 18.2. The molecule has 9 nitrogen and oxygen atoms in total. The Kier molecular flexibility index (Phi) is 5.24. The van der Waals surface area contributed by atoms with Crippen LogP contribution in [0.1, 0.15) is 10.6 Å². The van der Waals surface area contributed by atoms with E-state index in [0.717, 1.165) is 10.9 Å². The minimum atomic E-state index is -0.415. The third-order valence-electron chi connectivity index (χ3n) is 5.35. The van der Waals surface area contributed by atoms with Crippen molar-refractivity contribution in [3.8, 4) is 11.1 Å². The first-order valence-corrected chi connectivity index (χ1v) is 11.0. The molecule has 1 amide bonds. The quantitative estimate of drug-likeness (QED) is 0.246. The molecule has 1 aliphatic heterocycles. The summed E-state index contributed by atoms with van der Waals surface area (Å²) in [5, 5.41) is 14.1. The van der Waals surface area contributed by atoms with E-state index in [-0.39, 0.29) is 16.9 Å². The predicted molar refractivity (Wildman–Crippen MR) is 121 cm³/mol. The van der Waals surface area contributed by atoms with Gasteiger partial charge in [0.1, 0.15) is 10.6 Å². The molecule has 4 heterocycles. The molecule has 0 radical (unpaired) electrons. The van der Waals surface area contributed by atoms with Crippen LogP contribution in [0.15, 0.2) is 52.5 Å². The summed E-state index contributed by atoms with van der Waals surface area (Å²) >= 11 is 7.61. The first kappa shape index (κ1) is 20.4. The Labute approximate surface area is 191 Å². The van der Waals surface area contributed by atoms with Gasteiger partial charge in [-0.15, -0.1) is 11.3 Å². The molecular formula is C21H16ClN5O4S. The number of nitro benzene ring substituents is 1. The van der Waals surface area contributed by atoms with Crippen LogP contribution in [0.25, 0.3) is 21.3 Å². The summed E-state index contributed by atoms with van der Waals surface area (Å²) in [6, 6.07) is 9.83. The highest BCUT2D eigenvalue weighted by atomic mass is 35.5. The number of fused-ring (bicyclic) bond motifs is 1. The van der Waals surface area contributed by atoms with Gasteiger partial charge in [-0.05, 0) is 29.3 Å². The van der Waals surface area contributed by atoms with Crippen molar-refractivity contribution in [3.05, 3.63) is 69.2 Å². The topological polar surface area (TPSA) is 106 Å². The smallest absolute Gasteiger partial charge is 0.289 e. The number of aromatic nitrogens is 2. The molecule has 32 heavy (non-hydrogen) atoms. The molecule has 0 aliphatic carbocycles. The number of nitro groups is 1. The van der Waals surface area contributed by atoms with Gasteiger partial charge in [-0.25, -0.2) is 4.98 Å². The van der Waals surface area contributed by atoms with Crippen LogP contribution in [0, 0.1) is 10.1 Å². The maximum atomic E-state index is 12.6. The van der Waals surface area contributed by atoms with Crippen LogP contribution in [0.2, 0.25) is 5.28 Å². The molecule has 0 unspecified atom stereocenters. The van der Waals surface area contributed by atoms with E-state index in [1.54, 1.807) is 29.2 Å². The van der Waals surface area contributed by atoms with E-state index in [1.165, 1.54) is 23.7 Å². The lowest BCUT2D eigenvalue weighted by molar-refractivity contribution is -0.384. The molecule has 0 N–H and O–H groups in total. The zero-order valence-electron chi connectivity index (χ0n) is 16.6. The number of amides is 1. The Morgan fingerprint density at radius 1 is 1.16 bits per heavy atom. The number of anilines is 1. The van der Waals surface area contributed by atoms with Crippen molar-refractivity contribution in [2.24, 2.45) is 0 Å². The molecule has 1 saturated heterocycles. The van der Waals surface area contributed by atoms with Crippen LogP contribution < -0.4 is 4.90 Å². The van der Waals surface area contributed by atoms with Crippen molar-refractivity contribution in [1.82, 2.24) is 14.9 Å². The summed E-state index contributed by atoms with van der Waals surface area (Å²) in [7, 11) is 0. The number of hydrogen-bond acceptors (Lipinski definition) is 8. The Hall–Kier alpha value is -3.50. The van der Waals surface area contributed by atoms with Gasteiger partial charge < -0.3 is 14.2 Å². The fourth-order valence-corrected chi connectivity index (χ4v) is 4.96. The highest BCUT2D eigenvalue weighted by Crippen LogP contribution is 2.40. The molecule has 3 aromatic heterocycles. The summed E-state index contributed by atoms with van der Waals surface area (Å²) in [5.41, 5.74) is 1.54. The Balaban J connectivity index is 1.48. The molecule has 11 heteroatoms. The first-order chi connectivity index (χ1) is 15.5. The SMILES string of the molecule is O=C(c1ccco1)N1CCN(c2nc(Cl)nc3scc(-c4cccc([N+](=O)[O-])c4)c23)CC1. The van der Waals surface area contributed by atoms with E-state index in [2.05, 4.69) is 14.9 Å². The van der Waals surface area contributed by atoms with Gasteiger partial charge in [0.15, 0.2) is 5.76 Å². The lowest BCUT2D eigenvalue weighted by atomic mass is 10.0. The predicted octanol–water partition coefficient (Wildman–Crippen LogP) is 4.48. The van der Waals surface area contributed by atoms with E-state index in [0.29, 0.717) is 48.2 Å². The fraction of sp³-hybridized carbons (Fsp3) is 0.190. The van der Waals surface area contributed by atoms with Crippen LogP contribution in [0.4, 0.5) is 11.5 Å². The van der Waals surface area contributed by atoms with E-state index in [4.69, 9.17) is 16.0 Å². The van der Waals surface area contributed by atoms with Gasteiger partial charge in [-0.2, -0.15) is 4.98 Å². The molecule has 1 fully saturated rings. The first-order valence-electron chi connectivity index (χ1n) is 9.78. The molecule has 5 rings (SSSR count). The van der Waals surface area contributed by atoms with E-state index >= 15 is 0 Å². The molecule has 0 saturated carbocycles. The summed E-state index contributed by atoms with van der Waals surface area (Å²) in [4.78, 5) is 36.7. The zero-order chi connectivity index (χ0) is 22.2. The van der Waals surface area contributed by atoms with E-state index in [9.17, 15) is 14.9 Å². The monoisotopic (exact) mass is 469 g/mol. The number of halogens is 1. The Morgan fingerprint density at radius 2 is 1.97 bits per heavy atom. The average molecular weight is 470 g/mol. The van der Waals surface area contributed by atoms with E-state index < -0.39 is 4.92 Å². The second kappa shape index (κ2) is 8.21. The van der Waals surface area contributed by atoms with Gasteiger partial charge in [0.2, 0.25) is 5.28 Å². The van der Waals surface area contributed by atoms with Gasteiger partial charge in [0.05, 0.1) is 16.6 Å². The molecule has 1 aliphatic rings. The van der Waals surface area contributed by atoms with Crippen molar-refractivity contribution in [3.63, 3.8) is 0 Å². The number of hydrogen-bond donors (Lipinski definition) is 0. The highest BCUT2D eigenvalue weighted by molar-refractivity contribution is 7.17. The number of piperazine rings is 1. The van der Waals surface area contributed by atoms with Gasteiger partial charge in [0, 0.05) is 49.3 Å². The molecule has 1 aromatic carbocycles. The minimum absolute atomic E-state index is 0.0170. The summed E-state index contributed by atoms with van der Waals surface area (Å²) in [6.07, 6.45) is 1.48. The van der Waals surface area contributed by atoms with Crippen molar-refractivity contribution >= 4 is 50.6 Å². The number of rotatable bonds is 4. The maximum Gasteiger partial charge on any atom is 0.289 e. The molecular weight excluding hydrogens is 454 g/mol. The molecule has 0 spiro atoms. The van der Waals surface area contributed by atoms with E-state index in [1.807, 2.05) is 11.4 Å². The van der Waals surface area contributed by atoms with Crippen LogP contribution in [0.3, 0.4) is 0 Å². The minimum Gasteiger partial charge on any atom is -0.459 e. The molecule has 0 atom stereocenters. The van der Waals surface area contributed by atoms with Crippen LogP contribution in [0.5, 0.6) is 0 Å². The highest BCUT2D eigenvalue weighted by Gasteiger charge is 2.27. The van der Waals surface area contributed by atoms with Crippen LogP contribution >= 0.6 is 22.9 Å². The average Bonchev–Trinajstić information content (AvgIpc) is 3.48. The van der Waals surface area contributed by atoms with Crippen molar-refractivity contribution in [2.75, 3.05) is 31.1 Å². The lowest BCUT2D eigenvalue weighted by Gasteiger charge is -2.35. The third kappa shape index (κ3) is 3.67. The Bertz CT molecular complexity index is 1320. The maximum absolute atomic E-state index is 12.6. The van der Waals surface area contributed by atoms with Crippen LogP contribution in [-0.2, 0) is 0 Å². The normalized spacial score (nSPS) is 14.2. The van der Waals surface area contributed by atoms with Gasteiger partial charge >= 0.3 is 0 Å². The molecule has 4 aromatic rings. The number of carbonyl (C=O) groups excluding carboxylic acids is 1. The van der Waals surface area contributed by atoms with Gasteiger partial charge in [-0.1, -0.05) is 12.1 Å². The van der Waals surface area contributed by atoms with Crippen LogP contribution in [-0.4, -0.2) is 51.9 Å². The second-order valence-corrected chi connectivity index (χ2v) is 8.41. The standard InChI is InChI=1S/C21H16ClN5O4S/c22-21-23-18(25-6-8-26(9-7-25)20(28)16-5-2-10-31-16)17-15(12-32-19(17)24-21)13-3-1-4-14(11-13)27(29)30/h1-5,10-12H,6-9H2. The van der Waals surface area contributed by atoms with Gasteiger partial charge in [0.25, 0.3) is 11.6 Å². The number of benzene rings is 1. The Morgan fingerprint density at radius 3 is 2.69 bits per heavy atom. The summed E-state index contributed by atoms with van der Waals surface area (Å²) in [6.45, 7) is 2.11. The van der Waals surface area contributed by atoms with Gasteiger partial charge in [-0.3, -0.25) is 14.9 Å². The molecule has 0 bridgehead atoms. The third-order valence-corrected chi connectivity index (χ3v) is 6.39. The fourth-order valence-electron chi connectivity index (χ4n) is 3.80. The number of furan rings is 1. The van der Waals surface area contributed by atoms with Crippen molar-refractivity contribution in [2.45, 2.75) is 0 Å². The second-order valence-electron chi connectivity index (χ2n) is 7.21. The summed E-state index contributed by atoms with van der Waals surface area (Å²) in [5.74, 6) is 0.831. The van der Waals surface area contributed by atoms with Crippen molar-refractivity contribution < 1.29 is 14.1 Å². The molecule has 162 valence electrons. The number of non-ortho nitro benzene ring substituents is 1. The number of nitrogens with zero attached hydrogens (tertiary/aromatic N) is 5. The van der Waals surface area contributed by atoms with Crippen molar-refractivity contribution in [1.29, 1.82) is 0 Å².